The van der Waals surface area contributed by atoms with E-state index in [0.29, 0.717) is 4.90 Å². The normalized spacial score (nSPS) is 14.3. The zero-order valence-electron chi connectivity index (χ0n) is 13.0. The summed E-state index contributed by atoms with van der Waals surface area (Å²) in [4.78, 5) is 14.1. The third-order valence-electron chi connectivity index (χ3n) is 3.27. The number of hydrogen-bond acceptors (Lipinski definition) is 3. The van der Waals surface area contributed by atoms with Crippen LogP contribution in [0.25, 0.3) is 0 Å². The van der Waals surface area contributed by atoms with Crippen molar-refractivity contribution in [3.63, 3.8) is 0 Å². The summed E-state index contributed by atoms with van der Waals surface area (Å²) in [5, 5.41) is 5.04. The van der Waals surface area contributed by atoms with Crippen LogP contribution in [0.2, 0.25) is 0 Å². The molecule has 0 aliphatic heterocycles. The first-order valence-electron chi connectivity index (χ1n) is 7.14. The Morgan fingerprint density at radius 3 is 2.41 bits per heavy atom. The summed E-state index contributed by atoms with van der Waals surface area (Å²) in [5.74, 6) is -0.197. The van der Waals surface area contributed by atoms with Gasteiger partial charge in [0.15, 0.2) is 0 Å². The molecule has 22 heavy (non-hydrogen) atoms. The quantitative estimate of drug-likeness (QED) is 0.904. The highest BCUT2D eigenvalue weighted by Gasteiger charge is 2.29. The van der Waals surface area contributed by atoms with Crippen molar-refractivity contribution in [3.8, 4) is 0 Å². The van der Waals surface area contributed by atoms with E-state index < -0.39 is 10.8 Å². The van der Waals surface area contributed by atoms with Gasteiger partial charge in [-0.05, 0) is 29.0 Å². The number of hydrogen-bond donors (Lipinski definition) is 1. The molecule has 5 heteroatoms. The largest absolute Gasteiger partial charge is 0.347 e. The van der Waals surface area contributed by atoms with Crippen molar-refractivity contribution >= 4 is 28.0 Å². The zero-order chi connectivity index (χ0) is 16.2. The molecule has 0 bridgehead atoms. The SMILES string of the molecule is CC(C)(C)[C@@H](NC(=O)C[S@@](=O)c1ccccc1)c1cccs1. The fourth-order valence-corrected chi connectivity index (χ4v) is 4.12. The van der Waals surface area contributed by atoms with Gasteiger partial charge in [0.05, 0.1) is 16.8 Å². The van der Waals surface area contributed by atoms with Crippen LogP contribution < -0.4 is 5.32 Å². The molecule has 0 aliphatic rings. The molecule has 0 unspecified atom stereocenters. The molecule has 0 spiro atoms. The van der Waals surface area contributed by atoms with Gasteiger partial charge in [-0.1, -0.05) is 45.0 Å². The van der Waals surface area contributed by atoms with E-state index in [1.807, 2.05) is 35.7 Å². The number of rotatable bonds is 5. The minimum atomic E-state index is -1.31. The lowest BCUT2D eigenvalue weighted by molar-refractivity contribution is -0.120. The summed E-state index contributed by atoms with van der Waals surface area (Å²) in [7, 11) is -1.31. The fourth-order valence-electron chi connectivity index (χ4n) is 2.15. The molecule has 2 rings (SSSR count). The Labute approximate surface area is 138 Å². The highest BCUT2D eigenvalue weighted by atomic mass is 32.2. The maximum Gasteiger partial charge on any atom is 0.233 e. The summed E-state index contributed by atoms with van der Waals surface area (Å²) in [5.41, 5.74) is -0.102. The van der Waals surface area contributed by atoms with Gasteiger partial charge >= 0.3 is 0 Å². The molecule has 2 atom stereocenters. The standard InChI is InChI=1S/C17H21NO2S2/c1-17(2,3)16(14-10-7-11-21-14)18-15(19)12-22(20)13-8-5-4-6-9-13/h4-11,16H,12H2,1-3H3,(H,18,19)/t16-,22+/m0/s1. The zero-order valence-corrected chi connectivity index (χ0v) is 14.7. The molecule has 0 saturated heterocycles. The molecule has 0 radical (unpaired) electrons. The van der Waals surface area contributed by atoms with Crippen molar-refractivity contribution in [1.29, 1.82) is 0 Å². The van der Waals surface area contributed by atoms with Gasteiger partial charge in [0, 0.05) is 9.77 Å². The van der Waals surface area contributed by atoms with Crippen LogP contribution in [0, 0.1) is 5.41 Å². The lowest BCUT2D eigenvalue weighted by atomic mass is 9.86. The van der Waals surface area contributed by atoms with Crippen LogP contribution in [0.15, 0.2) is 52.7 Å². The topological polar surface area (TPSA) is 46.2 Å². The maximum atomic E-state index is 12.3. The Morgan fingerprint density at radius 1 is 1.18 bits per heavy atom. The number of carbonyl (C=O) groups is 1. The van der Waals surface area contributed by atoms with Crippen molar-refractivity contribution in [2.24, 2.45) is 5.41 Å². The second kappa shape index (κ2) is 7.20. The van der Waals surface area contributed by atoms with E-state index in [1.165, 1.54) is 0 Å². The number of thiophene rings is 1. The average molecular weight is 335 g/mol. The third-order valence-corrected chi connectivity index (χ3v) is 5.53. The summed E-state index contributed by atoms with van der Waals surface area (Å²) >= 11 is 1.62. The van der Waals surface area contributed by atoms with Gasteiger partial charge in [-0.2, -0.15) is 0 Å². The molecule has 1 heterocycles. The van der Waals surface area contributed by atoms with Crippen molar-refractivity contribution in [3.05, 3.63) is 52.7 Å². The summed E-state index contributed by atoms with van der Waals surface area (Å²) < 4.78 is 12.2. The van der Waals surface area contributed by atoms with Crippen molar-refractivity contribution in [2.75, 3.05) is 5.75 Å². The van der Waals surface area contributed by atoms with E-state index in [-0.39, 0.29) is 23.1 Å². The molecule has 1 aromatic carbocycles. The van der Waals surface area contributed by atoms with Gasteiger partial charge in [-0.3, -0.25) is 9.00 Å². The van der Waals surface area contributed by atoms with Gasteiger partial charge < -0.3 is 5.32 Å². The van der Waals surface area contributed by atoms with Crippen LogP contribution in [-0.4, -0.2) is 15.9 Å². The third kappa shape index (κ3) is 4.52. The van der Waals surface area contributed by atoms with Gasteiger partial charge in [0.2, 0.25) is 5.91 Å². The number of amides is 1. The lowest BCUT2D eigenvalue weighted by Gasteiger charge is -2.30. The first-order valence-corrected chi connectivity index (χ1v) is 9.34. The van der Waals surface area contributed by atoms with Crippen LogP contribution in [0.5, 0.6) is 0 Å². The Bertz CT molecular complexity index is 630. The predicted octanol–water partition coefficient (Wildman–Crippen LogP) is 3.76. The average Bonchev–Trinajstić information content (AvgIpc) is 2.98. The highest BCUT2D eigenvalue weighted by Crippen LogP contribution is 2.35. The van der Waals surface area contributed by atoms with Gasteiger partial charge in [-0.25, -0.2) is 0 Å². The molecule has 0 saturated carbocycles. The van der Waals surface area contributed by atoms with E-state index in [2.05, 4.69) is 26.1 Å². The van der Waals surface area contributed by atoms with Crippen LogP contribution in [0.1, 0.15) is 31.7 Å². The second-order valence-electron chi connectivity index (χ2n) is 6.18. The van der Waals surface area contributed by atoms with Crippen molar-refractivity contribution in [2.45, 2.75) is 31.7 Å². The molecule has 118 valence electrons. The monoisotopic (exact) mass is 335 g/mol. The van der Waals surface area contributed by atoms with Gasteiger partial charge in [0.1, 0.15) is 5.75 Å². The van der Waals surface area contributed by atoms with E-state index in [4.69, 9.17) is 0 Å². The number of nitrogens with one attached hydrogen (secondary N) is 1. The minimum absolute atomic E-state index is 0.0119. The van der Waals surface area contributed by atoms with Gasteiger partial charge in [0.25, 0.3) is 0 Å². The maximum absolute atomic E-state index is 12.3. The van der Waals surface area contributed by atoms with E-state index in [1.54, 1.807) is 23.5 Å². The fraction of sp³-hybridized carbons (Fsp3) is 0.353. The molecule has 0 aliphatic carbocycles. The molecule has 3 nitrogen and oxygen atoms in total. The first kappa shape index (κ1) is 16.9. The van der Waals surface area contributed by atoms with Crippen molar-refractivity contribution < 1.29 is 9.00 Å². The Morgan fingerprint density at radius 2 is 1.86 bits per heavy atom. The number of carbonyl (C=O) groups excluding carboxylic acids is 1. The lowest BCUT2D eigenvalue weighted by Crippen LogP contribution is -2.38. The van der Waals surface area contributed by atoms with Crippen molar-refractivity contribution in [1.82, 2.24) is 5.32 Å². The minimum Gasteiger partial charge on any atom is -0.347 e. The van der Waals surface area contributed by atoms with Crippen LogP contribution in [0.4, 0.5) is 0 Å². The summed E-state index contributed by atoms with van der Waals surface area (Å²) in [6.45, 7) is 6.27. The summed E-state index contributed by atoms with van der Waals surface area (Å²) in [6.07, 6.45) is 0. The summed E-state index contributed by atoms with van der Waals surface area (Å²) in [6, 6.07) is 13.0. The Hall–Kier alpha value is -1.46. The molecule has 0 fully saturated rings. The highest BCUT2D eigenvalue weighted by molar-refractivity contribution is 7.85. The smallest absolute Gasteiger partial charge is 0.233 e. The number of benzene rings is 1. The molecule has 2 aromatic rings. The molecule has 1 amide bonds. The molecular formula is C17H21NO2S2. The van der Waals surface area contributed by atoms with Crippen LogP contribution in [0.3, 0.4) is 0 Å². The Kier molecular flexibility index (Phi) is 5.53. The van der Waals surface area contributed by atoms with Crippen LogP contribution >= 0.6 is 11.3 Å². The predicted molar refractivity (Wildman–Crippen MR) is 92.4 cm³/mol. The molecular weight excluding hydrogens is 314 g/mol. The van der Waals surface area contributed by atoms with E-state index in [9.17, 15) is 9.00 Å². The first-order chi connectivity index (χ1) is 10.4. The second-order valence-corrected chi connectivity index (χ2v) is 8.62. The van der Waals surface area contributed by atoms with E-state index >= 15 is 0 Å². The molecule has 1 aromatic heterocycles. The van der Waals surface area contributed by atoms with Gasteiger partial charge in [-0.15, -0.1) is 11.3 Å². The molecule has 1 N–H and O–H groups in total. The van der Waals surface area contributed by atoms with E-state index in [0.717, 1.165) is 4.88 Å². The van der Waals surface area contributed by atoms with Crippen LogP contribution in [-0.2, 0) is 15.6 Å². The Balaban J connectivity index is 2.05.